The molecule has 19 heavy (non-hydrogen) atoms. The van der Waals surface area contributed by atoms with Gasteiger partial charge in [0.25, 0.3) is 5.91 Å². The van der Waals surface area contributed by atoms with Crippen molar-refractivity contribution in [2.24, 2.45) is 10.9 Å². The SMILES string of the molecule is CN(C(=O)c1cnns1)c1ccc(C(N)=NO)cc1. The monoisotopic (exact) mass is 277 g/mol. The molecule has 0 aliphatic carbocycles. The van der Waals surface area contributed by atoms with E-state index in [1.807, 2.05) is 0 Å². The van der Waals surface area contributed by atoms with Crippen molar-refractivity contribution in [1.82, 2.24) is 9.59 Å². The number of amides is 1. The van der Waals surface area contributed by atoms with Crippen LogP contribution < -0.4 is 10.6 Å². The van der Waals surface area contributed by atoms with E-state index in [4.69, 9.17) is 10.9 Å². The second-order valence-electron chi connectivity index (χ2n) is 3.68. The van der Waals surface area contributed by atoms with Crippen molar-refractivity contribution < 1.29 is 10.0 Å². The minimum atomic E-state index is -0.188. The summed E-state index contributed by atoms with van der Waals surface area (Å²) in [5.74, 6) is -0.168. The Balaban J connectivity index is 2.20. The molecule has 0 unspecified atom stereocenters. The zero-order valence-electron chi connectivity index (χ0n) is 10.0. The van der Waals surface area contributed by atoms with Gasteiger partial charge in [0.15, 0.2) is 5.84 Å². The average molecular weight is 277 g/mol. The van der Waals surface area contributed by atoms with Gasteiger partial charge >= 0.3 is 0 Å². The minimum Gasteiger partial charge on any atom is -0.409 e. The average Bonchev–Trinajstić information content (AvgIpc) is 2.99. The Morgan fingerprint density at radius 1 is 1.42 bits per heavy atom. The van der Waals surface area contributed by atoms with Crippen LogP contribution in [0.2, 0.25) is 0 Å². The van der Waals surface area contributed by atoms with E-state index in [0.717, 1.165) is 11.5 Å². The first-order valence-corrected chi connectivity index (χ1v) is 6.04. The van der Waals surface area contributed by atoms with Gasteiger partial charge in [-0.1, -0.05) is 9.64 Å². The van der Waals surface area contributed by atoms with Crippen molar-refractivity contribution in [1.29, 1.82) is 0 Å². The molecule has 8 heteroatoms. The predicted molar refractivity (Wildman–Crippen MR) is 71.6 cm³/mol. The zero-order chi connectivity index (χ0) is 13.8. The van der Waals surface area contributed by atoms with Crippen LogP contribution in [0.15, 0.2) is 35.6 Å². The summed E-state index contributed by atoms with van der Waals surface area (Å²) < 4.78 is 3.65. The first-order chi connectivity index (χ1) is 9.13. The van der Waals surface area contributed by atoms with Gasteiger partial charge in [-0.15, -0.1) is 5.10 Å². The molecule has 1 amide bonds. The number of amidine groups is 1. The molecule has 2 rings (SSSR count). The number of benzene rings is 1. The molecule has 0 aliphatic heterocycles. The quantitative estimate of drug-likeness (QED) is 0.375. The Morgan fingerprint density at radius 2 is 2.11 bits per heavy atom. The maximum atomic E-state index is 12.0. The summed E-state index contributed by atoms with van der Waals surface area (Å²) in [5.41, 5.74) is 6.73. The van der Waals surface area contributed by atoms with Crippen molar-refractivity contribution in [3.05, 3.63) is 40.9 Å². The van der Waals surface area contributed by atoms with Gasteiger partial charge in [-0.2, -0.15) is 0 Å². The second-order valence-corrected chi connectivity index (χ2v) is 4.46. The van der Waals surface area contributed by atoms with E-state index in [9.17, 15) is 4.79 Å². The van der Waals surface area contributed by atoms with E-state index in [-0.39, 0.29) is 11.7 Å². The fourth-order valence-corrected chi connectivity index (χ4v) is 1.95. The zero-order valence-corrected chi connectivity index (χ0v) is 10.8. The van der Waals surface area contributed by atoms with Gasteiger partial charge in [0.1, 0.15) is 4.88 Å². The Labute approximate surface area is 113 Å². The fourth-order valence-electron chi connectivity index (χ4n) is 1.46. The number of nitrogens with zero attached hydrogens (tertiary/aromatic N) is 4. The van der Waals surface area contributed by atoms with Crippen LogP contribution in [0.1, 0.15) is 15.2 Å². The summed E-state index contributed by atoms with van der Waals surface area (Å²) in [6.45, 7) is 0. The number of nitrogens with two attached hydrogens (primary N) is 1. The maximum Gasteiger partial charge on any atom is 0.271 e. The van der Waals surface area contributed by atoms with Crippen LogP contribution in [0, 0.1) is 0 Å². The van der Waals surface area contributed by atoms with Gasteiger partial charge in [-0.25, -0.2) is 0 Å². The maximum absolute atomic E-state index is 12.0. The predicted octanol–water partition coefficient (Wildman–Crippen LogP) is 0.909. The van der Waals surface area contributed by atoms with E-state index in [1.54, 1.807) is 31.3 Å². The summed E-state index contributed by atoms with van der Waals surface area (Å²) in [4.78, 5) is 14.0. The molecule has 98 valence electrons. The van der Waals surface area contributed by atoms with Gasteiger partial charge in [0, 0.05) is 18.3 Å². The minimum absolute atomic E-state index is 0.0205. The van der Waals surface area contributed by atoms with Gasteiger partial charge in [-0.05, 0) is 35.8 Å². The van der Waals surface area contributed by atoms with Crippen LogP contribution in [-0.2, 0) is 0 Å². The molecule has 0 fully saturated rings. The van der Waals surface area contributed by atoms with Crippen molar-refractivity contribution in [2.75, 3.05) is 11.9 Å². The number of rotatable bonds is 3. The number of hydrogen-bond donors (Lipinski definition) is 2. The number of carbonyl (C=O) groups is 1. The molecule has 7 nitrogen and oxygen atoms in total. The molecular weight excluding hydrogens is 266 g/mol. The molecular formula is C11H11N5O2S. The van der Waals surface area contributed by atoms with Crippen molar-refractivity contribution in [2.45, 2.75) is 0 Å². The molecule has 0 saturated heterocycles. The summed E-state index contributed by atoms with van der Waals surface area (Å²) in [6.07, 6.45) is 1.42. The molecule has 0 spiro atoms. The van der Waals surface area contributed by atoms with Crippen LogP contribution in [-0.4, -0.2) is 33.6 Å². The van der Waals surface area contributed by atoms with Crippen LogP contribution >= 0.6 is 11.5 Å². The summed E-state index contributed by atoms with van der Waals surface area (Å²) >= 11 is 1.04. The lowest BCUT2D eigenvalue weighted by molar-refractivity contribution is 0.0996. The second kappa shape index (κ2) is 5.44. The third-order valence-electron chi connectivity index (χ3n) is 2.53. The number of oxime groups is 1. The number of carbonyl (C=O) groups excluding carboxylic acids is 1. The highest BCUT2D eigenvalue weighted by Gasteiger charge is 2.15. The highest BCUT2D eigenvalue weighted by Crippen LogP contribution is 2.17. The Bertz CT molecular complexity index is 594. The normalized spacial score (nSPS) is 11.3. The van der Waals surface area contributed by atoms with Crippen LogP contribution in [0.5, 0.6) is 0 Å². The van der Waals surface area contributed by atoms with E-state index >= 15 is 0 Å². The van der Waals surface area contributed by atoms with Crippen LogP contribution in [0.3, 0.4) is 0 Å². The lowest BCUT2D eigenvalue weighted by Gasteiger charge is -2.16. The molecule has 0 radical (unpaired) electrons. The highest BCUT2D eigenvalue weighted by atomic mass is 32.1. The molecule has 0 aliphatic rings. The number of anilines is 1. The Morgan fingerprint density at radius 3 is 2.63 bits per heavy atom. The lowest BCUT2D eigenvalue weighted by Crippen LogP contribution is -2.25. The Hall–Kier alpha value is -2.48. The molecule has 0 saturated carbocycles. The third-order valence-corrected chi connectivity index (χ3v) is 3.19. The molecule has 1 heterocycles. The molecule has 0 atom stereocenters. The van der Waals surface area contributed by atoms with Gasteiger partial charge in [0.05, 0.1) is 6.20 Å². The van der Waals surface area contributed by atoms with E-state index in [1.165, 1.54) is 11.1 Å². The van der Waals surface area contributed by atoms with Crippen molar-refractivity contribution in [3.8, 4) is 0 Å². The van der Waals surface area contributed by atoms with Gasteiger partial charge in [-0.3, -0.25) is 4.79 Å². The van der Waals surface area contributed by atoms with Crippen LogP contribution in [0.25, 0.3) is 0 Å². The van der Waals surface area contributed by atoms with E-state index < -0.39 is 0 Å². The molecule has 1 aromatic heterocycles. The molecule has 3 N–H and O–H groups in total. The smallest absolute Gasteiger partial charge is 0.271 e. The van der Waals surface area contributed by atoms with E-state index in [2.05, 4.69) is 14.7 Å². The van der Waals surface area contributed by atoms with Gasteiger partial charge in [0.2, 0.25) is 0 Å². The van der Waals surface area contributed by atoms with Crippen LogP contribution in [0.4, 0.5) is 5.69 Å². The number of hydrogen-bond acceptors (Lipinski definition) is 6. The molecule has 1 aromatic carbocycles. The van der Waals surface area contributed by atoms with Crippen molar-refractivity contribution >= 4 is 29.0 Å². The highest BCUT2D eigenvalue weighted by molar-refractivity contribution is 7.07. The van der Waals surface area contributed by atoms with Crippen molar-refractivity contribution in [3.63, 3.8) is 0 Å². The third kappa shape index (κ3) is 2.68. The number of aromatic nitrogens is 2. The largest absolute Gasteiger partial charge is 0.409 e. The molecule has 2 aromatic rings. The summed E-state index contributed by atoms with van der Waals surface area (Å²) in [6, 6.07) is 6.75. The summed E-state index contributed by atoms with van der Waals surface area (Å²) in [5, 5.41) is 15.1. The molecule has 0 bridgehead atoms. The standard InChI is InChI=1S/C11H11N5O2S/c1-16(11(17)9-6-13-15-19-9)8-4-2-7(3-5-8)10(12)14-18/h2-6,18H,1H3,(H2,12,14). The van der Waals surface area contributed by atoms with E-state index in [0.29, 0.717) is 16.1 Å². The Kier molecular flexibility index (Phi) is 3.71. The first-order valence-electron chi connectivity index (χ1n) is 5.27. The fraction of sp³-hybridized carbons (Fsp3) is 0.0909. The van der Waals surface area contributed by atoms with Gasteiger partial charge < -0.3 is 15.8 Å². The lowest BCUT2D eigenvalue weighted by atomic mass is 10.2. The summed E-state index contributed by atoms with van der Waals surface area (Å²) in [7, 11) is 1.65. The first kappa shape index (κ1) is 13.0. The topological polar surface area (TPSA) is 105 Å².